The van der Waals surface area contributed by atoms with Gasteiger partial charge in [0.15, 0.2) is 0 Å². The second-order valence-electron chi connectivity index (χ2n) is 4.89. The average molecular weight is 281 g/mol. The van der Waals surface area contributed by atoms with Gasteiger partial charge >= 0.3 is 0 Å². The van der Waals surface area contributed by atoms with Crippen LogP contribution < -0.4 is 16.6 Å². The van der Waals surface area contributed by atoms with Crippen molar-refractivity contribution in [2.24, 2.45) is 5.84 Å². The van der Waals surface area contributed by atoms with Crippen molar-refractivity contribution in [1.29, 1.82) is 0 Å². The quantitative estimate of drug-likeness (QED) is 0.568. The first-order valence-electron chi connectivity index (χ1n) is 6.93. The van der Waals surface area contributed by atoms with Gasteiger partial charge in [0.2, 0.25) is 0 Å². The van der Waals surface area contributed by atoms with Crippen molar-refractivity contribution in [1.82, 2.24) is 9.97 Å². The first kappa shape index (κ1) is 14.4. The fourth-order valence-electron chi connectivity index (χ4n) is 2.21. The summed E-state index contributed by atoms with van der Waals surface area (Å²) in [6.07, 6.45) is 4.31. The third kappa shape index (κ3) is 3.73. The molecular weight excluding hydrogens is 258 g/mol. The van der Waals surface area contributed by atoms with Crippen molar-refractivity contribution in [2.75, 3.05) is 22.2 Å². The molecule has 19 heavy (non-hydrogen) atoms. The van der Waals surface area contributed by atoms with E-state index in [4.69, 9.17) is 5.84 Å². The van der Waals surface area contributed by atoms with Crippen LogP contribution in [-0.4, -0.2) is 27.5 Å². The Kier molecular flexibility index (Phi) is 5.27. The predicted octanol–water partition coefficient (Wildman–Crippen LogP) is 2.33. The number of hydrogen-bond acceptors (Lipinski definition) is 6. The number of nitrogens with one attached hydrogen (secondary N) is 2. The maximum absolute atomic E-state index is 5.55. The van der Waals surface area contributed by atoms with Crippen LogP contribution in [0, 0.1) is 6.92 Å². The summed E-state index contributed by atoms with van der Waals surface area (Å²) in [4.78, 5) is 9.08. The summed E-state index contributed by atoms with van der Waals surface area (Å²) >= 11 is 2.03. The van der Waals surface area contributed by atoms with Gasteiger partial charge in [0, 0.05) is 18.0 Å². The molecule has 2 heterocycles. The number of aromatic nitrogens is 2. The Balaban J connectivity index is 2.18. The highest BCUT2D eigenvalue weighted by Crippen LogP contribution is 2.24. The van der Waals surface area contributed by atoms with Gasteiger partial charge in [-0.25, -0.2) is 15.8 Å². The maximum Gasteiger partial charge on any atom is 0.148 e. The monoisotopic (exact) mass is 281 g/mol. The molecule has 0 amide bonds. The minimum atomic E-state index is 0.523. The Bertz CT molecular complexity index is 418. The second-order valence-corrected chi connectivity index (χ2v) is 6.11. The highest BCUT2D eigenvalue weighted by atomic mass is 32.2. The van der Waals surface area contributed by atoms with Crippen molar-refractivity contribution in [3.05, 3.63) is 11.4 Å². The van der Waals surface area contributed by atoms with Crippen LogP contribution in [0.2, 0.25) is 0 Å². The average Bonchev–Trinajstić information content (AvgIpc) is 2.43. The van der Waals surface area contributed by atoms with Crippen LogP contribution in [0.1, 0.15) is 37.6 Å². The van der Waals surface area contributed by atoms with Gasteiger partial charge in [0.05, 0.1) is 0 Å². The molecular formula is C13H23N5S. The lowest BCUT2D eigenvalue weighted by Gasteiger charge is -2.24. The van der Waals surface area contributed by atoms with Crippen LogP contribution in [0.5, 0.6) is 0 Å². The zero-order valence-corrected chi connectivity index (χ0v) is 12.5. The van der Waals surface area contributed by atoms with Crippen LogP contribution in [-0.2, 0) is 6.42 Å². The summed E-state index contributed by atoms with van der Waals surface area (Å²) in [7, 11) is 0. The molecule has 1 aliphatic heterocycles. The molecule has 4 N–H and O–H groups in total. The molecule has 1 saturated heterocycles. The SMILES string of the molecule is CCCc1nc(NN)c(C)c(NC2CCSCC2)n1. The number of rotatable bonds is 5. The second kappa shape index (κ2) is 6.96. The summed E-state index contributed by atoms with van der Waals surface area (Å²) < 4.78 is 0. The van der Waals surface area contributed by atoms with E-state index in [0.29, 0.717) is 6.04 Å². The lowest BCUT2D eigenvalue weighted by molar-refractivity contribution is 0.661. The highest BCUT2D eigenvalue weighted by molar-refractivity contribution is 7.99. The number of hydrazine groups is 1. The number of nitrogen functional groups attached to an aromatic ring is 1. The van der Waals surface area contributed by atoms with E-state index < -0.39 is 0 Å². The molecule has 0 saturated carbocycles. The van der Waals surface area contributed by atoms with E-state index in [0.717, 1.165) is 35.9 Å². The van der Waals surface area contributed by atoms with Crippen LogP contribution in [0.15, 0.2) is 0 Å². The van der Waals surface area contributed by atoms with Gasteiger partial charge in [0.1, 0.15) is 17.5 Å². The van der Waals surface area contributed by atoms with E-state index in [1.54, 1.807) is 0 Å². The van der Waals surface area contributed by atoms with E-state index in [1.165, 1.54) is 24.3 Å². The fraction of sp³-hybridized carbons (Fsp3) is 0.692. The van der Waals surface area contributed by atoms with Crippen LogP contribution in [0.3, 0.4) is 0 Å². The van der Waals surface area contributed by atoms with Crippen molar-refractivity contribution in [2.45, 2.75) is 45.6 Å². The summed E-state index contributed by atoms with van der Waals surface area (Å²) in [5.41, 5.74) is 3.68. The molecule has 0 aromatic carbocycles. The molecule has 0 unspecified atom stereocenters. The van der Waals surface area contributed by atoms with E-state index in [2.05, 4.69) is 27.6 Å². The van der Waals surface area contributed by atoms with Crippen LogP contribution in [0.4, 0.5) is 11.6 Å². The zero-order chi connectivity index (χ0) is 13.7. The molecule has 1 aliphatic rings. The van der Waals surface area contributed by atoms with Gasteiger partial charge in [-0.1, -0.05) is 6.92 Å². The maximum atomic E-state index is 5.55. The minimum Gasteiger partial charge on any atom is -0.367 e. The molecule has 0 aliphatic carbocycles. The fourth-order valence-corrected chi connectivity index (χ4v) is 3.32. The Morgan fingerprint density at radius 3 is 2.58 bits per heavy atom. The van der Waals surface area contributed by atoms with Crippen molar-refractivity contribution in [3.8, 4) is 0 Å². The molecule has 1 aromatic rings. The zero-order valence-electron chi connectivity index (χ0n) is 11.7. The number of thioether (sulfide) groups is 1. The molecule has 1 fully saturated rings. The van der Waals surface area contributed by atoms with Crippen LogP contribution in [0.25, 0.3) is 0 Å². The van der Waals surface area contributed by atoms with Crippen molar-refractivity contribution >= 4 is 23.4 Å². The molecule has 0 atom stereocenters. The van der Waals surface area contributed by atoms with Crippen molar-refractivity contribution in [3.63, 3.8) is 0 Å². The number of hydrogen-bond donors (Lipinski definition) is 3. The molecule has 0 bridgehead atoms. The van der Waals surface area contributed by atoms with Gasteiger partial charge in [-0.15, -0.1) is 0 Å². The number of nitrogens with zero attached hydrogens (tertiary/aromatic N) is 2. The number of aryl methyl sites for hydroxylation is 1. The smallest absolute Gasteiger partial charge is 0.148 e. The summed E-state index contributed by atoms with van der Waals surface area (Å²) in [5.74, 6) is 10.5. The van der Waals surface area contributed by atoms with E-state index >= 15 is 0 Å². The van der Waals surface area contributed by atoms with Gasteiger partial charge in [-0.2, -0.15) is 11.8 Å². The van der Waals surface area contributed by atoms with Gasteiger partial charge in [0.25, 0.3) is 0 Å². The summed E-state index contributed by atoms with van der Waals surface area (Å²) in [6, 6.07) is 0.523. The van der Waals surface area contributed by atoms with Crippen LogP contribution >= 0.6 is 11.8 Å². The van der Waals surface area contributed by atoms with Crippen molar-refractivity contribution < 1.29 is 0 Å². The number of anilines is 2. The first-order chi connectivity index (χ1) is 9.24. The lowest BCUT2D eigenvalue weighted by Crippen LogP contribution is -2.26. The molecule has 5 nitrogen and oxygen atoms in total. The predicted molar refractivity (Wildman–Crippen MR) is 82.5 cm³/mol. The van der Waals surface area contributed by atoms with E-state index in [9.17, 15) is 0 Å². The highest BCUT2D eigenvalue weighted by Gasteiger charge is 2.17. The topological polar surface area (TPSA) is 75.9 Å². The Morgan fingerprint density at radius 2 is 1.95 bits per heavy atom. The van der Waals surface area contributed by atoms with Gasteiger partial charge < -0.3 is 10.7 Å². The normalized spacial score (nSPS) is 16.4. The third-order valence-electron chi connectivity index (χ3n) is 3.36. The first-order valence-corrected chi connectivity index (χ1v) is 8.08. The molecule has 2 rings (SSSR count). The Morgan fingerprint density at radius 1 is 1.26 bits per heavy atom. The third-order valence-corrected chi connectivity index (χ3v) is 4.41. The summed E-state index contributed by atoms with van der Waals surface area (Å²) in [6.45, 7) is 4.13. The van der Waals surface area contributed by atoms with E-state index in [1.807, 2.05) is 18.7 Å². The molecule has 0 radical (unpaired) electrons. The van der Waals surface area contributed by atoms with E-state index in [-0.39, 0.29) is 0 Å². The summed E-state index contributed by atoms with van der Waals surface area (Å²) in [5, 5.41) is 3.56. The standard InChI is InChI=1S/C13H23N5S/c1-3-4-11-16-12(9(2)13(17-11)18-14)15-10-5-7-19-8-6-10/h10H,3-8,14H2,1-2H3,(H2,15,16,17,18). The Labute approximate surface area is 119 Å². The largest absolute Gasteiger partial charge is 0.367 e. The molecule has 6 heteroatoms. The Hall–Kier alpha value is -1.01. The minimum absolute atomic E-state index is 0.523. The molecule has 0 spiro atoms. The molecule has 1 aromatic heterocycles. The number of nitrogens with two attached hydrogens (primary N) is 1. The van der Waals surface area contributed by atoms with Gasteiger partial charge in [-0.05, 0) is 37.7 Å². The lowest BCUT2D eigenvalue weighted by atomic mass is 10.1. The molecule has 106 valence electrons. The van der Waals surface area contributed by atoms with Gasteiger partial charge in [-0.3, -0.25) is 0 Å².